The van der Waals surface area contributed by atoms with Crippen molar-refractivity contribution >= 4 is 0 Å². The van der Waals surface area contributed by atoms with Crippen molar-refractivity contribution in [1.29, 1.82) is 0 Å². The molecule has 1 aliphatic heterocycles. The third-order valence-corrected chi connectivity index (χ3v) is 4.59. The largest absolute Gasteiger partial charge is 0.491 e. The van der Waals surface area contributed by atoms with Gasteiger partial charge >= 0.3 is 0 Å². The summed E-state index contributed by atoms with van der Waals surface area (Å²) in [7, 11) is 1.77. The third kappa shape index (κ3) is 4.10. The second-order valence-electron chi connectivity index (χ2n) is 6.59. The first-order chi connectivity index (χ1) is 11.6. The van der Waals surface area contributed by atoms with Crippen LogP contribution in [0.5, 0.6) is 5.75 Å². The van der Waals surface area contributed by atoms with Crippen LogP contribution in [-0.2, 0) is 11.3 Å². The van der Waals surface area contributed by atoms with Gasteiger partial charge < -0.3 is 9.47 Å². The normalized spacial score (nSPS) is 21.1. The lowest BCUT2D eigenvalue weighted by molar-refractivity contribution is -0.0359. The standard InChI is InChI=1S/C19H25N3O2/c1-15-4-6-18(7-5-15)24-14-19(23-3)8-9-22(13-19)12-17-10-20-16(2)21-11-17/h4-7,10-11H,8-9,12-14H2,1-3H3. The van der Waals surface area contributed by atoms with Crippen LogP contribution in [0.4, 0.5) is 0 Å². The Hall–Kier alpha value is -1.98. The van der Waals surface area contributed by atoms with Gasteiger partial charge in [-0.25, -0.2) is 9.97 Å². The molecule has 1 fully saturated rings. The van der Waals surface area contributed by atoms with Gasteiger partial charge in [0, 0.05) is 44.7 Å². The van der Waals surface area contributed by atoms with E-state index in [-0.39, 0.29) is 5.60 Å². The van der Waals surface area contributed by atoms with Crippen LogP contribution in [0.3, 0.4) is 0 Å². The van der Waals surface area contributed by atoms with Crippen LogP contribution < -0.4 is 4.74 Å². The van der Waals surface area contributed by atoms with E-state index in [1.807, 2.05) is 31.5 Å². The van der Waals surface area contributed by atoms with Gasteiger partial charge in [-0.15, -0.1) is 0 Å². The number of benzene rings is 1. The Morgan fingerprint density at radius 1 is 1.12 bits per heavy atom. The van der Waals surface area contributed by atoms with Crippen molar-refractivity contribution in [3.05, 3.63) is 53.6 Å². The lowest BCUT2D eigenvalue weighted by Crippen LogP contribution is -2.41. The van der Waals surface area contributed by atoms with Crippen LogP contribution >= 0.6 is 0 Å². The fourth-order valence-electron chi connectivity index (χ4n) is 3.01. The molecule has 0 bridgehead atoms. The summed E-state index contributed by atoms with van der Waals surface area (Å²) >= 11 is 0. The predicted octanol–water partition coefficient (Wildman–Crippen LogP) is 2.76. The molecule has 5 nitrogen and oxygen atoms in total. The van der Waals surface area contributed by atoms with E-state index in [0.717, 1.165) is 43.2 Å². The number of hydrogen-bond donors (Lipinski definition) is 0. The Labute approximate surface area is 143 Å². The molecule has 1 atom stereocenters. The van der Waals surface area contributed by atoms with Gasteiger partial charge in [0.1, 0.15) is 23.8 Å². The number of rotatable bonds is 6. The highest BCUT2D eigenvalue weighted by Crippen LogP contribution is 2.27. The van der Waals surface area contributed by atoms with Crippen molar-refractivity contribution in [3.8, 4) is 5.75 Å². The van der Waals surface area contributed by atoms with Gasteiger partial charge in [0.15, 0.2) is 0 Å². The van der Waals surface area contributed by atoms with Gasteiger partial charge in [0.05, 0.1) is 0 Å². The minimum absolute atomic E-state index is 0.254. The predicted molar refractivity (Wildman–Crippen MR) is 93.1 cm³/mol. The zero-order valence-electron chi connectivity index (χ0n) is 14.7. The Kier molecular flexibility index (Phi) is 5.11. The first kappa shape index (κ1) is 16.9. The van der Waals surface area contributed by atoms with Crippen molar-refractivity contribution in [2.24, 2.45) is 0 Å². The minimum Gasteiger partial charge on any atom is -0.491 e. The third-order valence-electron chi connectivity index (χ3n) is 4.59. The van der Waals surface area contributed by atoms with Gasteiger partial charge in [-0.2, -0.15) is 0 Å². The van der Waals surface area contributed by atoms with Gasteiger partial charge in [0.25, 0.3) is 0 Å². The highest BCUT2D eigenvalue weighted by molar-refractivity contribution is 5.26. The average molecular weight is 327 g/mol. The second-order valence-corrected chi connectivity index (χ2v) is 6.59. The molecule has 5 heteroatoms. The molecule has 1 saturated heterocycles. The van der Waals surface area contributed by atoms with Crippen LogP contribution in [-0.4, -0.2) is 47.3 Å². The van der Waals surface area contributed by atoms with E-state index in [2.05, 4.69) is 33.9 Å². The van der Waals surface area contributed by atoms with E-state index in [9.17, 15) is 0 Å². The smallest absolute Gasteiger partial charge is 0.125 e. The van der Waals surface area contributed by atoms with Crippen LogP contribution in [0.15, 0.2) is 36.7 Å². The molecule has 3 rings (SSSR count). The molecule has 1 unspecified atom stereocenters. The molecule has 24 heavy (non-hydrogen) atoms. The van der Waals surface area contributed by atoms with Crippen LogP contribution in [0, 0.1) is 13.8 Å². The maximum atomic E-state index is 5.98. The maximum Gasteiger partial charge on any atom is 0.125 e. The van der Waals surface area contributed by atoms with Gasteiger partial charge in [0.2, 0.25) is 0 Å². The quantitative estimate of drug-likeness (QED) is 0.816. The summed E-state index contributed by atoms with van der Waals surface area (Å²) < 4.78 is 11.8. The summed E-state index contributed by atoms with van der Waals surface area (Å²) in [6.45, 7) is 7.22. The Bertz CT molecular complexity index is 657. The maximum absolute atomic E-state index is 5.98. The van der Waals surface area contributed by atoms with Gasteiger partial charge in [-0.05, 0) is 32.4 Å². The average Bonchev–Trinajstić information content (AvgIpc) is 3.00. The lowest BCUT2D eigenvalue weighted by Gasteiger charge is -2.28. The number of aromatic nitrogens is 2. The molecule has 1 aliphatic rings. The Morgan fingerprint density at radius 3 is 2.50 bits per heavy atom. The number of methoxy groups -OCH3 is 1. The molecule has 2 aromatic rings. The molecule has 0 amide bonds. The summed E-state index contributed by atoms with van der Waals surface area (Å²) in [5.41, 5.74) is 2.11. The summed E-state index contributed by atoms with van der Waals surface area (Å²) in [4.78, 5) is 10.9. The topological polar surface area (TPSA) is 47.5 Å². The molecule has 128 valence electrons. The number of aryl methyl sites for hydroxylation is 2. The molecule has 2 heterocycles. The summed E-state index contributed by atoms with van der Waals surface area (Å²) in [5.74, 6) is 1.69. The van der Waals surface area contributed by atoms with Gasteiger partial charge in [-0.1, -0.05) is 17.7 Å². The molecule has 0 spiro atoms. The number of nitrogens with zero attached hydrogens (tertiary/aromatic N) is 3. The van der Waals surface area contributed by atoms with E-state index < -0.39 is 0 Å². The SMILES string of the molecule is COC1(COc2ccc(C)cc2)CCN(Cc2cnc(C)nc2)C1. The molecule has 0 saturated carbocycles. The van der Waals surface area contributed by atoms with Crippen LogP contribution in [0.25, 0.3) is 0 Å². The zero-order chi connectivity index (χ0) is 17.0. The molecule has 0 radical (unpaired) electrons. The number of likely N-dealkylation sites (tertiary alicyclic amines) is 1. The van der Waals surface area contributed by atoms with E-state index >= 15 is 0 Å². The zero-order valence-corrected chi connectivity index (χ0v) is 14.7. The highest BCUT2D eigenvalue weighted by Gasteiger charge is 2.39. The first-order valence-corrected chi connectivity index (χ1v) is 8.33. The summed E-state index contributed by atoms with van der Waals surface area (Å²) in [6.07, 6.45) is 4.76. The van der Waals surface area contributed by atoms with Crippen molar-refractivity contribution in [1.82, 2.24) is 14.9 Å². The van der Waals surface area contributed by atoms with E-state index in [4.69, 9.17) is 9.47 Å². The Balaban J connectivity index is 1.57. The van der Waals surface area contributed by atoms with E-state index in [1.54, 1.807) is 7.11 Å². The lowest BCUT2D eigenvalue weighted by atomic mass is 10.0. The molecule has 0 N–H and O–H groups in total. The Morgan fingerprint density at radius 2 is 1.83 bits per heavy atom. The second kappa shape index (κ2) is 7.28. The minimum atomic E-state index is -0.254. The molecule has 0 aliphatic carbocycles. The van der Waals surface area contributed by atoms with Crippen molar-refractivity contribution in [3.63, 3.8) is 0 Å². The monoisotopic (exact) mass is 327 g/mol. The van der Waals surface area contributed by atoms with E-state index in [0.29, 0.717) is 6.61 Å². The number of ether oxygens (including phenoxy) is 2. The summed E-state index contributed by atoms with van der Waals surface area (Å²) in [5, 5.41) is 0. The molecule has 1 aromatic heterocycles. The fraction of sp³-hybridized carbons (Fsp3) is 0.474. The number of hydrogen-bond acceptors (Lipinski definition) is 5. The molecular formula is C19H25N3O2. The van der Waals surface area contributed by atoms with Crippen molar-refractivity contribution < 1.29 is 9.47 Å². The summed E-state index contributed by atoms with van der Waals surface area (Å²) in [6, 6.07) is 8.14. The fourth-order valence-corrected chi connectivity index (χ4v) is 3.01. The first-order valence-electron chi connectivity index (χ1n) is 8.33. The van der Waals surface area contributed by atoms with Crippen LogP contribution in [0.1, 0.15) is 23.4 Å². The van der Waals surface area contributed by atoms with E-state index in [1.165, 1.54) is 5.56 Å². The molecule has 1 aromatic carbocycles. The highest BCUT2D eigenvalue weighted by atomic mass is 16.5. The molecular weight excluding hydrogens is 302 g/mol. The van der Waals surface area contributed by atoms with Crippen molar-refractivity contribution in [2.75, 3.05) is 26.8 Å². The van der Waals surface area contributed by atoms with Crippen LogP contribution in [0.2, 0.25) is 0 Å². The van der Waals surface area contributed by atoms with Gasteiger partial charge in [-0.3, -0.25) is 4.90 Å². The van der Waals surface area contributed by atoms with Crippen molar-refractivity contribution in [2.45, 2.75) is 32.4 Å².